The number of nitrogens with zero attached hydrogens (tertiary/aromatic N) is 1. The van der Waals surface area contributed by atoms with Crippen molar-refractivity contribution in [3.05, 3.63) is 20.9 Å². The molecule has 1 aromatic rings. The molecule has 8 nitrogen and oxygen atoms in total. The predicted molar refractivity (Wildman–Crippen MR) is 81.2 cm³/mol. The number of hydrogen-bond donors (Lipinski definition) is 3. The molecular formula is C11H11Cl3N4O4. The summed E-state index contributed by atoms with van der Waals surface area (Å²) in [6.45, 7) is 1.25. The van der Waals surface area contributed by atoms with E-state index >= 15 is 0 Å². The maximum Gasteiger partial charge on any atom is 0.359 e. The molecule has 1 atom stereocenters. The number of urea groups is 1. The molecule has 0 spiro atoms. The molecular weight excluding hydrogens is 359 g/mol. The molecule has 3 amide bonds. The fraction of sp³-hybridized carbons (Fsp3) is 0.273. The van der Waals surface area contributed by atoms with Crippen molar-refractivity contribution in [2.45, 2.75) is 13.0 Å². The summed E-state index contributed by atoms with van der Waals surface area (Å²) in [5.74, 6) is -1.88. The van der Waals surface area contributed by atoms with Gasteiger partial charge in [-0.05, 0) is 6.92 Å². The summed E-state index contributed by atoms with van der Waals surface area (Å²) >= 11 is 17.3. The van der Waals surface area contributed by atoms with Gasteiger partial charge < -0.3 is 15.8 Å². The Morgan fingerprint density at radius 1 is 1.23 bits per heavy atom. The molecule has 4 N–H and O–H groups in total. The van der Waals surface area contributed by atoms with Crippen LogP contribution in [0.3, 0.4) is 0 Å². The normalized spacial score (nSPS) is 11.5. The maximum absolute atomic E-state index is 11.9. The van der Waals surface area contributed by atoms with Gasteiger partial charge in [0.1, 0.15) is 5.02 Å². The van der Waals surface area contributed by atoms with Gasteiger partial charge in [-0.25, -0.2) is 14.6 Å². The van der Waals surface area contributed by atoms with Crippen molar-refractivity contribution in [1.82, 2.24) is 15.6 Å². The topological polar surface area (TPSA) is 123 Å². The number of nitrogen functional groups attached to an aromatic ring is 1. The second kappa shape index (κ2) is 7.48. The monoisotopic (exact) mass is 368 g/mol. The zero-order valence-electron chi connectivity index (χ0n) is 11.4. The van der Waals surface area contributed by atoms with Gasteiger partial charge in [-0.15, -0.1) is 0 Å². The average Bonchev–Trinajstić information content (AvgIpc) is 2.48. The number of anilines is 1. The molecule has 1 heterocycles. The molecule has 11 heteroatoms. The van der Waals surface area contributed by atoms with Crippen molar-refractivity contribution in [3.8, 4) is 0 Å². The Hall–Kier alpha value is -1.77. The highest BCUT2D eigenvalue weighted by molar-refractivity contribution is 6.46. The summed E-state index contributed by atoms with van der Waals surface area (Å²) in [6.07, 6.45) is -1.28. The first-order chi connectivity index (χ1) is 10.2. The second-order valence-corrected chi connectivity index (χ2v) is 5.02. The summed E-state index contributed by atoms with van der Waals surface area (Å²) in [5.41, 5.74) is 5.03. The second-order valence-electron chi connectivity index (χ2n) is 3.91. The average molecular weight is 370 g/mol. The highest BCUT2D eigenvalue weighted by atomic mass is 35.5. The zero-order chi connectivity index (χ0) is 17.0. The summed E-state index contributed by atoms with van der Waals surface area (Å²) in [4.78, 5) is 38.2. The summed E-state index contributed by atoms with van der Waals surface area (Å²) in [7, 11) is 1.32. The molecule has 0 aromatic carbocycles. The quantitative estimate of drug-likeness (QED) is 0.549. The zero-order valence-corrected chi connectivity index (χ0v) is 13.6. The van der Waals surface area contributed by atoms with Gasteiger partial charge in [-0.2, -0.15) is 0 Å². The Balaban J connectivity index is 2.90. The van der Waals surface area contributed by atoms with Crippen molar-refractivity contribution >= 4 is 58.4 Å². The molecule has 0 radical (unpaired) electrons. The largest absolute Gasteiger partial charge is 0.448 e. The van der Waals surface area contributed by atoms with Crippen molar-refractivity contribution in [2.24, 2.45) is 0 Å². The molecule has 22 heavy (non-hydrogen) atoms. The van der Waals surface area contributed by atoms with E-state index in [1.807, 2.05) is 5.32 Å². The third kappa shape index (κ3) is 4.12. The van der Waals surface area contributed by atoms with Crippen molar-refractivity contribution in [2.75, 3.05) is 12.8 Å². The number of ether oxygens (including phenoxy) is 1. The molecule has 0 unspecified atom stereocenters. The van der Waals surface area contributed by atoms with E-state index in [0.29, 0.717) is 0 Å². The molecule has 0 saturated carbocycles. The first-order valence-corrected chi connectivity index (χ1v) is 6.85. The highest BCUT2D eigenvalue weighted by Crippen LogP contribution is 2.34. The van der Waals surface area contributed by atoms with Crippen LogP contribution in [-0.4, -0.2) is 36.0 Å². The number of imide groups is 1. The lowest BCUT2D eigenvalue weighted by molar-refractivity contribution is -0.127. The number of aromatic nitrogens is 1. The van der Waals surface area contributed by atoms with Crippen molar-refractivity contribution < 1.29 is 19.1 Å². The van der Waals surface area contributed by atoms with Crippen LogP contribution < -0.4 is 16.4 Å². The first kappa shape index (κ1) is 18.3. The van der Waals surface area contributed by atoms with E-state index in [9.17, 15) is 14.4 Å². The van der Waals surface area contributed by atoms with Gasteiger partial charge in [0, 0.05) is 7.05 Å². The standard InChI is InChI=1S/C11H11Cl3N4O4/c1-3(9(19)18-11(21)16-2)22-10(20)7-4(12)6(15)5(13)8(14)17-7/h3H,1-2H3,(H2,15,17)(H2,16,18,19,21)/t3-/m0/s1. The van der Waals surface area contributed by atoms with Crippen molar-refractivity contribution in [1.29, 1.82) is 0 Å². The molecule has 1 rings (SSSR count). The van der Waals surface area contributed by atoms with E-state index in [-0.39, 0.29) is 20.9 Å². The lowest BCUT2D eigenvalue weighted by Gasteiger charge is -2.14. The molecule has 0 aliphatic heterocycles. The van der Waals surface area contributed by atoms with E-state index in [1.54, 1.807) is 0 Å². The number of carbonyl (C=O) groups is 3. The van der Waals surface area contributed by atoms with E-state index in [4.69, 9.17) is 45.3 Å². The molecule has 120 valence electrons. The predicted octanol–water partition coefficient (Wildman–Crippen LogP) is 1.62. The number of amides is 3. The number of carbonyl (C=O) groups excluding carboxylic acids is 3. The number of pyridine rings is 1. The lowest BCUT2D eigenvalue weighted by atomic mass is 10.3. The van der Waals surface area contributed by atoms with Crippen LogP contribution in [0.15, 0.2) is 0 Å². The van der Waals surface area contributed by atoms with Gasteiger partial charge in [-0.3, -0.25) is 10.1 Å². The fourth-order valence-electron chi connectivity index (χ4n) is 1.21. The van der Waals surface area contributed by atoms with Gasteiger partial charge in [0.2, 0.25) is 0 Å². The van der Waals surface area contributed by atoms with E-state index in [2.05, 4.69) is 10.3 Å². The van der Waals surface area contributed by atoms with Gasteiger partial charge in [0.15, 0.2) is 17.0 Å². The first-order valence-electron chi connectivity index (χ1n) is 5.72. The Morgan fingerprint density at radius 2 is 1.82 bits per heavy atom. The van der Waals surface area contributed by atoms with Gasteiger partial charge in [-0.1, -0.05) is 34.8 Å². The van der Waals surface area contributed by atoms with E-state index in [1.165, 1.54) is 14.0 Å². The van der Waals surface area contributed by atoms with Crippen LogP contribution in [-0.2, 0) is 9.53 Å². The van der Waals surface area contributed by atoms with E-state index in [0.717, 1.165) is 0 Å². The number of esters is 1. The van der Waals surface area contributed by atoms with Crippen LogP contribution in [0, 0.1) is 0 Å². The number of halogens is 3. The minimum atomic E-state index is -1.28. The third-order valence-corrected chi connectivity index (χ3v) is 3.52. The number of nitrogens with two attached hydrogens (primary N) is 1. The van der Waals surface area contributed by atoms with Crippen LogP contribution >= 0.6 is 34.8 Å². The van der Waals surface area contributed by atoms with Gasteiger partial charge in [0.25, 0.3) is 5.91 Å². The molecule has 1 aromatic heterocycles. The van der Waals surface area contributed by atoms with Crippen LogP contribution in [0.25, 0.3) is 0 Å². The number of nitrogens with one attached hydrogen (secondary N) is 2. The molecule has 0 aliphatic rings. The summed E-state index contributed by atoms with van der Waals surface area (Å²) in [5, 5.41) is 3.52. The van der Waals surface area contributed by atoms with E-state index < -0.39 is 29.7 Å². The molecule has 0 fully saturated rings. The highest BCUT2D eigenvalue weighted by Gasteiger charge is 2.25. The van der Waals surface area contributed by atoms with Gasteiger partial charge in [0.05, 0.1) is 10.7 Å². The Bertz CT molecular complexity index is 638. The van der Waals surface area contributed by atoms with Crippen LogP contribution in [0.4, 0.5) is 10.5 Å². The Labute approximate surface area is 140 Å². The molecule has 0 bridgehead atoms. The molecule has 0 saturated heterocycles. The fourth-order valence-corrected chi connectivity index (χ4v) is 1.80. The van der Waals surface area contributed by atoms with Crippen molar-refractivity contribution in [3.63, 3.8) is 0 Å². The number of rotatable bonds is 3. The smallest absolute Gasteiger partial charge is 0.359 e. The lowest BCUT2D eigenvalue weighted by Crippen LogP contribution is -2.43. The maximum atomic E-state index is 11.9. The van der Waals surface area contributed by atoms with Crippen LogP contribution in [0.2, 0.25) is 15.2 Å². The minimum Gasteiger partial charge on any atom is -0.448 e. The molecule has 0 aliphatic carbocycles. The number of hydrogen-bond acceptors (Lipinski definition) is 6. The van der Waals surface area contributed by atoms with Gasteiger partial charge >= 0.3 is 12.0 Å². The minimum absolute atomic E-state index is 0.103. The third-order valence-electron chi connectivity index (χ3n) is 2.38. The Morgan fingerprint density at radius 3 is 2.36 bits per heavy atom. The summed E-state index contributed by atoms with van der Waals surface area (Å²) < 4.78 is 4.84. The Kier molecular flexibility index (Phi) is 6.21. The SMILES string of the molecule is CNC(=O)NC(=O)[C@H](C)OC(=O)c1nc(Cl)c(Cl)c(N)c1Cl. The summed E-state index contributed by atoms with van der Waals surface area (Å²) in [6, 6.07) is -0.747. The van der Waals surface area contributed by atoms with Crippen LogP contribution in [0.1, 0.15) is 17.4 Å². The van der Waals surface area contributed by atoms with Crippen LogP contribution in [0.5, 0.6) is 0 Å².